The van der Waals surface area contributed by atoms with Crippen molar-refractivity contribution in [2.45, 2.75) is 52.4 Å². The van der Waals surface area contributed by atoms with Crippen molar-refractivity contribution in [2.24, 2.45) is 11.3 Å². The summed E-state index contributed by atoms with van der Waals surface area (Å²) < 4.78 is 0. The molecule has 0 spiro atoms. The van der Waals surface area contributed by atoms with Crippen LogP contribution in [0.1, 0.15) is 52.4 Å². The molecule has 0 aliphatic rings. The quantitative estimate of drug-likeness (QED) is 0.526. The molecule has 0 aromatic heterocycles. The molecule has 0 radical (unpaired) electrons. The first-order valence-electron chi connectivity index (χ1n) is 6.37. The van der Waals surface area contributed by atoms with Crippen molar-refractivity contribution >= 4 is 17.9 Å². The Bertz CT molecular complexity index is 338. The highest BCUT2D eigenvalue weighted by Crippen LogP contribution is 2.32. The molecule has 0 aromatic rings. The van der Waals surface area contributed by atoms with E-state index >= 15 is 0 Å². The summed E-state index contributed by atoms with van der Waals surface area (Å²) in [5, 5.41) is 26.5. The standard InChI is InChI=1S/C13H22O6/c1-9(11(16)17)8-13(2,12(18)19)7-5-3-4-6-10(14)15/h9H,3-8H2,1-2H3,(H,14,15)(H,16,17)(H,18,19). The van der Waals surface area contributed by atoms with Crippen LogP contribution in [0.4, 0.5) is 0 Å². The van der Waals surface area contributed by atoms with Gasteiger partial charge in [-0.05, 0) is 26.2 Å². The molecular formula is C13H22O6. The van der Waals surface area contributed by atoms with Crippen LogP contribution in [0.3, 0.4) is 0 Å². The number of carbonyl (C=O) groups is 3. The van der Waals surface area contributed by atoms with Gasteiger partial charge in [0, 0.05) is 6.42 Å². The molecule has 0 aromatic carbocycles. The van der Waals surface area contributed by atoms with Crippen LogP contribution < -0.4 is 0 Å². The summed E-state index contributed by atoms with van der Waals surface area (Å²) >= 11 is 0. The molecule has 0 fully saturated rings. The molecule has 3 N–H and O–H groups in total. The van der Waals surface area contributed by atoms with E-state index in [0.717, 1.165) is 0 Å². The lowest BCUT2D eigenvalue weighted by Crippen LogP contribution is -2.31. The van der Waals surface area contributed by atoms with Gasteiger partial charge < -0.3 is 15.3 Å². The molecule has 0 aliphatic heterocycles. The fraction of sp³-hybridized carbons (Fsp3) is 0.769. The van der Waals surface area contributed by atoms with Crippen LogP contribution in [0, 0.1) is 11.3 Å². The SMILES string of the molecule is CC(CC(C)(CCCCCC(=O)O)C(=O)O)C(=O)O. The molecule has 0 amide bonds. The van der Waals surface area contributed by atoms with E-state index in [1.54, 1.807) is 6.92 Å². The van der Waals surface area contributed by atoms with E-state index < -0.39 is 29.2 Å². The normalized spacial score (nSPS) is 15.5. The van der Waals surface area contributed by atoms with Crippen molar-refractivity contribution in [1.82, 2.24) is 0 Å². The van der Waals surface area contributed by atoms with Gasteiger partial charge in [-0.3, -0.25) is 14.4 Å². The first-order chi connectivity index (χ1) is 8.69. The lowest BCUT2D eigenvalue weighted by molar-refractivity contribution is -0.152. The number of unbranched alkanes of at least 4 members (excludes halogenated alkanes) is 2. The smallest absolute Gasteiger partial charge is 0.309 e. The van der Waals surface area contributed by atoms with E-state index in [1.165, 1.54) is 6.92 Å². The van der Waals surface area contributed by atoms with Gasteiger partial charge in [-0.2, -0.15) is 0 Å². The monoisotopic (exact) mass is 274 g/mol. The Morgan fingerprint density at radius 2 is 1.63 bits per heavy atom. The van der Waals surface area contributed by atoms with E-state index in [-0.39, 0.29) is 12.8 Å². The van der Waals surface area contributed by atoms with Crippen LogP contribution in [-0.2, 0) is 14.4 Å². The minimum Gasteiger partial charge on any atom is -0.481 e. The van der Waals surface area contributed by atoms with Crippen molar-refractivity contribution in [3.05, 3.63) is 0 Å². The third-order valence-electron chi connectivity index (χ3n) is 3.31. The Balaban J connectivity index is 4.28. The van der Waals surface area contributed by atoms with E-state index in [1.807, 2.05) is 0 Å². The summed E-state index contributed by atoms with van der Waals surface area (Å²) in [6.07, 6.45) is 2.25. The lowest BCUT2D eigenvalue weighted by atomic mass is 9.77. The molecule has 0 rings (SSSR count). The summed E-state index contributed by atoms with van der Waals surface area (Å²) in [4.78, 5) is 32.4. The van der Waals surface area contributed by atoms with E-state index in [4.69, 9.17) is 10.2 Å². The molecular weight excluding hydrogens is 252 g/mol. The topological polar surface area (TPSA) is 112 Å². The molecule has 2 unspecified atom stereocenters. The van der Waals surface area contributed by atoms with Crippen LogP contribution in [0.15, 0.2) is 0 Å². The third kappa shape index (κ3) is 6.79. The van der Waals surface area contributed by atoms with Gasteiger partial charge in [0.25, 0.3) is 0 Å². The van der Waals surface area contributed by atoms with Crippen molar-refractivity contribution in [3.63, 3.8) is 0 Å². The molecule has 6 heteroatoms. The number of rotatable bonds is 10. The molecule has 2 atom stereocenters. The fourth-order valence-electron chi connectivity index (χ4n) is 2.03. The maximum Gasteiger partial charge on any atom is 0.309 e. The van der Waals surface area contributed by atoms with Crippen LogP contribution in [0.2, 0.25) is 0 Å². The highest BCUT2D eigenvalue weighted by Gasteiger charge is 2.35. The Hall–Kier alpha value is -1.59. The molecule has 6 nitrogen and oxygen atoms in total. The molecule has 0 bridgehead atoms. The molecule has 0 saturated carbocycles. The maximum absolute atomic E-state index is 11.3. The third-order valence-corrected chi connectivity index (χ3v) is 3.31. The summed E-state index contributed by atoms with van der Waals surface area (Å²) in [6, 6.07) is 0. The fourth-order valence-corrected chi connectivity index (χ4v) is 2.03. The van der Waals surface area contributed by atoms with Gasteiger partial charge in [-0.1, -0.05) is 19.8 Å². The van der Waals surface area contributed by atoms with Crippen molar-refractivity contribution in [2.75, 3.05) is 0 Å². The largest absolute Gasteiger partial charge is 0.481 e. The van der Waals surface area contributed by atoms with Gasteiger partial charge >= 0.3 is 17.9 Å². The zero-order valence-electron chi connectivity index (χ0n) is 11.4. The average Bonchev–Trinajstić information content (AvgIpc) is 2.27. The second-order valence-corrected chi connectivity index (χ2v) is 5.26. The Morgan fingerprint density at radius 3 is 2.05 bits per heavy atom. The van der Waals surface area contributed by atoms with Gasteiger partial charge in [-0.15, -0.1) is 0 Å². The number of hydrogen-bond donors (Lipinski definition) is 3. The van der Waals surface area contributed by atoms with Crippen LogP contribution in [0.5, 0.6) is 0 Å². The highest BCUT2D eigenvalue weighted by atomic mass is 16.4. The van der Waals surface area contributed by atoms with Gasteiger partial charge in [0.2, 0.25) is 0 Å². The molecule has 0 heterocycles. The minimum absolute atomic E-state index is 0.0787. The van der Waals surface area contributed by atoms with Gasteiger partial charge in [0.1, 0.15) is 0 Å². The maximum atomic E-state index is 11.3. The predicted molar refractivity (Wildman–Crippen MR) is 67.9 cm³/mol. The van der Waals surface area contributed by atoms with E-state index in [0.29, 0.717) is 25.7 Å². The van der Waals surface area contributed by atoms with E-state index in [2.05, 4.69) is 0 Å². The second kappa shape index (κ2) is 7.76. The van der Waals surface area contributed by atoms with Crippen molar-refractivity contribution < 1.29 is 29.7 Å². The summed E-state index contributed by atoms with van der Waals surface area (Å²) in [5.74, 6) is -3.57. The molecule has 0 saturated heterocycles. The first kappa shape index (κ1) is 17.4. The highest BCUT2D eigenvalue weighted by molar-refractivity contribution is 5.76. The first-order valence-corrected chi connectivity index (χ1v) is 6.37. The van der Waals surface area contributed by atoms with Crippen molar-refractivity contribution in [3.8, 4) is 0 Å². The Morgan fingerprint density at radius 1 is 1.05 bits per heavy atom. The van der Waals surface area contributed by atoms with Crippen LogP contribution in [0.25, 0.3) is 0 Å². The number of carboxylic acids is 3. The molecule has 19 heavy (non-hydrogen) atoms. The Kier molecular flexibility index (Phi) is 7.11. The summed E-state index contributed by atoms with van der Waals surface area (Å²) in [6.45, 7) is 3.04. The van der Waals surface area contributed by atoms with Crippen LogP contribution in [-0.4, -0.2) is 33.2 Å². The minimum atomic E-state index is -1.07. The van der Waals surface area contributed by atoms with Crippen LogP contribution >= 0.6 is 0 Å². The zero-order chi connectivity index (χ0) is 15.1. The van der Waals surface area contributed by atoms with E-state index in [9.17, 15) is 19.5 Å². The predicted octanol–water partition coefficient (Wildman–Crippen LogP) is 2.22. The average molecular weight is 274 g/mol. The lowest BCUT2D eigenvalue weighted by Gasteiger charge is -2.26. The Labute approximate surface area is 112 Å². The van der Waals surface area contributed by atoms with Gasteiger partial charge in [-0.25, -0.2) is 0 Å². The summed E-state index contributed by atoms with van der Waals surface area (Å²) in [7, 11) is 0. The van der Waals surface area contributed by atoms with Crippen molar-refractivity contribution in [1.29, 1.82) is 0 Å². The number of hydrogen-bond acceptors (Lipinski definition) is 3. The number of carboxylic acid groups (broad SMARTS) is 3. The molecule has 110 valence electrons. The summed E-state index contributed by atoms with van der Waals surface area (Å²) in [5.41, 5.74) is -1.07. The van der Waals surface area contributed by atoms with Gasteiger partial charge in [0.05, 0.1) is 11.3 Å². The second-order valence-electron chi connectivity index (χ2n) is 5.26. The molecule has 0 aliphatic carbocycles. The van der Waals surface area contributed by atoms with Gasteiger partial charge in [0.15, 0.2) is 0 Å². The number of aliphatic carboxylic acids is 3. The zero-order valence-corrected chi connectivity index (χ0v) is 11.4.